The largest absolute Gasteiger partial charge is 0.496 e. The van der Waals surface area contributed by atoms with Gasteiger partial charge >= 0.3 is 0 Å². The van der Waals surface area contributed by atoms with Crippen LogP contribution in [0.25, 0.3) is 0 Å². The molecule has 7 heteroatoms. The SMILES string of the molecule is COc1ccc(C2CCOCC2)c2c1CC(NC(=O)c1cnn(C)c1)=N2. The third-order valence-corrected chi connectivity index (χ3v) is 4.97. The Bertz CT molecular complexity index is 866. The molecule has 1 amide bonds. The molecular weight excluding hydrogens is 332 g/mol. The molecule has 0 atom stereocenters. The predicted octanol–water partition coefficient (Wildman–Crippen LogP) is 2.34. The summed E-state index contributed by atoms with van der Waals surface area (Å²) in [7, 11) is 3.45. The minimum Gasteiger partial charge on any atom is -0.496 e. The second kappa shape index (κ2) is 6.92. The lowest BCUT2D eigenvalue weighted by molar-refractivity contribution is 0.0854. The lowest BCUT2D eigenvalue weighted by atomic mass is 9.89. The zero-order valence-electron chi connectivity index (χ0n) is 15.0. The summed E-state index contributed by atoms with van der Waals surface area (Å²) in [5.74, 6) is 1.69. The van der Waals surface area contributed by atoms with E-state index >= 15 is 0 Å². The number of carbonyl (C=O) groups is 1. The van der Waals surface area contributed by atoms with Crippen molar-refractivity contribution in [2.75, 3.05) is 20.3 Å². The maximum absolute atomic E-state index is 12.4. The smallest absolute Gasteiger partial charge is 0.259 e. The van der Waals surface area contributed by atoms with Crippen LogP contribution < -0.4 is 10.1 Å². The van der Waals surface area contributed by atoms with E-state index in [1.54, 1.807) is 31.2 Å². The van der Waals surface area contributed by atoms with E-state index in [-0.39, 0.29) is 5.91 Å². The van der Waals surface area contributed by atoms with Gasteiger partial charge in [0.1, 0.15) is 11.6 Å². The number of rotatable bonds is 3. The number of benzene rings is 1. The Labute approximate surface area is 152 Å². The van der Waals surface area contributed by atoms with Gasteiger partial charge in [0.25, 0.3) is 5.91 Å². The third-order valence-electron chi connectivity index (χ3n) is 4.97. The number of fused-ring (bicyclic) bond motifs is 1. The van der Waals surface area contributed by atoms with E-state index in [9.17, 15) is 4.79 Å². The summed E-state index contributed by atoms with van der Waals surface area (Å²) in [6, 6.07) is 4.11. The number of aryl methyl sites for hydroxylation is 1. The van der Waals surface area contributed by atoms with Gasteiger partial charge in [-0.25, -0.2) is 4.99 Å². The van der Waals surface area contributed by atoms with Crippen molar-refractivity contribution >= 4 is 17.4 Å². The molecule has 1 N–H and O–H groups in total. The Morgan fingerprint density at radius 1 is 1.35 bits per heavy atom. The highest BCUT2D eigenvalue weighted by molar-refractivity contribution is 6.09. The molecule has 0 spiro atoms. The fraction of sp³-hybridized carbons (Fsp3) is 0.421. The average molecular weight is 354 g/mol. The van der Waals surface area contributed by atoms with Crippen LogP contribution in [0.15, 0.2) is 29.5 Å². The van der Waals surface area contributed by atoms with Crippen LogP contribution in [0.3, 0.4) is 0 Å². The van der Waals surface area contributed by atoms with Crippen LogP contribution >= 0.6 is 0 Å². The molecule has 7 nitrogen and oxygen atoms in total. The lowest BCUT2D eigenvalue weighted by Crippen LogP contribution is -2.30. The number of nitrogens with zero attached hydrogens (tertiary/aromatic N) is 3. The molecule has 2 aliphatic heterocycles. The fourth-order valence-electron chi connectivity index (χ4n) is 3.62. The van der Waals surface area contributed by atoms with Gasteiger partial charge in [-0.2, -0.15) is 5.10 Å². The number of amides is 1. The van der Waals surface area contributed by atoms with Gasteiger partial charge in [0, 0.05) is 38.4 Å². The van der Waals surface area contributed by atoms with Gasteiger partial charge in [-0.05, 0) is 30.4 Å². The molecule has 1 aromatic carbocycles. The Kier molecular flexibility index (Phi) is 4.46. The molecule has 1 aromatic heterocycles. The highest BCUT2D eigenvalue weighted by Gasteiger charge is 2.27. The summed E-state index contributed by atoms with van der Waals surface area (Å²) in [6.07, 6.45) is 5.77. The Morgan fingerprint density at radius 3 is 2.85 bits per heavy atom. The summed E-state index contributed by atoms with van der Waals surface area (Å²) in [5.41, 5.74) is 3.72. The summed E-state index contributed by atoms with van der Waals surface area (Å²) in [6.45, 7) is 1.56. The van der Waals surface area contributed by atoms with Crippen LogP contribution in [-0.4, -0.2) is 41.8 Å². The monoisotopic (exact) mass is 354 g/mol. The van der Waals surface area contributed by atoms with E-state index < -0.39 is 0 Å². The molecule has 136 valence electrons. The van der Waals surface area contributed by atoms with E-state index in [2.05, 4.69) is 16.5 Å². The van der Waals surface area contributed by atoms with Crippen LogP contribution in [0.4, 0.5) is 5.69 Å². The summed E-state index contributed by atoms with van der Waals surface area (Å²) >= 11 is 0. The molecule has 0 saturated carbocycles. The van der Waals surface area contributed by atoms with Gasteiger partial charge in [0.2, 0.25) is 0 Å². The molecule has 4 rings (SSSR count). The van der Waals surface area contributed by atoms with Crippen LogP contribution in [0.1, 0.15) is 40.2 Å². The molecule has 0 aliphatic carbocycles. The summed E-state index contributed by atoms with van der Waals surface area (Å²) in [4.78, 5) is 17.2. The van der Waals surface area contributed by atoms with Crippen molar-refractivity contribution in [3.05, 3.63) is 41.2 Å². The van der Waals surface area contributed by atoms with Gasteiger partial charge in [-0.3, -0.25) is 9.48 Å². The van der Waals surface area contributed by atoms with Gasteiger partial charge < -0.3 is 14.8 Å². The van der Waals surface area contributed by atoms with Crippen LogP contribution in [0, 0.1) is 0 Å². The second-order valence-corrected chi connectivity index (χ2v) is 6.66. The molecule has 0 radical (unpaired) electrons. The third kappa shape index (κ3) is 3.10. The quantitative estimate of drug-likeness (QED) is 0.918. The molecule has 2 aliphatic rings. The number of nitrogens with one attached hydrogen (secondary N) is 1. The number of carbonyl (C=O) groups excluding carboxylic acids is 1. The molecule has 26 heavy (non-hydrogen) atoms. The van der Waals surface area contributed by atoms with E-state index in [1.807, 2.05) is 6.07 Å². The molecule has 0 unspecified atom stereocenters. The van der Waals surface area contributed by atoms with Crippen molar-refractivity contribution in [3.8, 4) is 5.75 Å². The number of ether oxygens (including phenoxy) is 2. The topological polar surface area (TPSA) is 77.7 Å². The number of amidine groups is 1. The number of methoxy groups -OCH3 is 1. The van der Waals surface area contributed by atoms with Crippen molar-refractivity contribution in [3.63, 3.8) is 0 Å². The van der Waals surface area contributed by atoms with Gasteiger partial charge in [-0.1, -0.05) is 6.07 Å². The molecular formula is C19H22N4O3. The second-order valence-electron chi connectivity index (χ2n) is 6.66. The van der Waals surface area contributed by atoms with Crippen molar-refractivity contribution < 1.29 is 14.3 Å². The first-order valence-electron chi connectivity index (χ1n) is 8.80. The van der Waals surface area contributed by atoms with Crippen LogP contribution in [0.5, 0.6) is 5.75 Å². The highest BCUT2D eigenvalue weighted by atomic mass is 16.5. The maximum Gasteiger partial charge on any atom is 0.259 e. The standard InChI is InChI=1S/C19H22N4O3/c1-23-11-13(10-20-23)19(24)22-17-9-15-16(25-2)4-3-14(18(15)21-17)12-5-7-26-8-6-12/h3-4,10-12H,5-9H2,1-2H3,(H,21,22,24). The number of hydrogen-bond acceptors (Lipinski definition) is 5. The lowest BCUT2D eigenvalue weighted by Gasteiger charge is -2.24. The maximum atomic E-state index is 12.4. The van der Waals surface area contributed by atoms with Crippen molar-refractivity contribution in [1.29, 1.82) is 0 Å². The predicted molar refractivity (Wildman–Crippen MR) is 97.3 cm³/mol. The number of aromatic nitrogens is 2. The first-order valence-corrected chi connectivity index (χ1v) is 8.80. The van der Waals surface area contributed by atoms with E-state index in [0.717, 1.165) is 43.1 Å². The molecule has 3 heterocycles. The van der Waals surface area contributed by atoms with Gasteiger partial charge in [-0.15, -0.1) is 0 Å². The average Bonchev–Trinajstić information content (AvgIpc) is 3.27. The van der Waals surface area contributed by atoms with Crippen molar-refractivity contribution in [1.82, 2.24) is 15.1 Å². The van der Waals surface area contributed by atoms with Gasteiger partial charge in [0.05, 0.1) is 24.6 Å². The first kappa shape index (κ1) is 16.8. The Morgan fingerprint density at radius 2 is 2.15 bits per heavy atom. The van der Waals surface area contributed by atoms with Crippen molar-refractivity contribution in [2.45, 2.75) is 25.2 Å². The first-order chi connectivity index (χ1) is 12.7. The molecule has 2 aromatic rings. The molecule has 1 saturated heterocycles. The number of hydrogen-bond donors (Lipinski definition) is 1. The minimum absolute atomic E-state index is 0.198. The summed E-state index contributed by atoms with van der Waals surface area (Å²) in [5, 5.41) is 6.95. The Hall–Kier alpha value is -2.67. The molecule has 1 fully saturated rings. The zero-order valence-corrected chi connectivity index (χ0v) is 15.0. The Balaban J connectivity index is 1.61. The minimum atomic E-state index is -0.198. The normalized spacial score (nSPS) is 16.9. The molecule has 0 bridgehead atoms. The van der Waals surface area contributed by atoms with E-state index in [0.29, 0.717) is 23.7 Å². The number of aliphatic imine (C=N–C) groups is 1. The fourth-order valence-corrected chi connectivity index (χ4v) is 3.62. The summed E-state index contributed by atoms with van der Waals surface area (Å²) < 4.78 is 12.6. The zero-order chi connectivity index (χ0) is 18.1. The van der Waals surface area contributed by atoms with Crippen LogP contribution in [0.2, 0.25) is 0 Å². The van der Waals surface area contributed by atoms with E-state index in [1.165, 1.54) is 5.56 Å². The van der Waals surface area contributed by atoms with E-state index in [4.69, 9.17) is 14.5 Å². The van der Waals surface area contributed by atoms with Gasteiger partial charge in [0.15, 0.2) is 0 Å². The van der Waals surface area contributed by atoms with Crippen LogP contribution in [-0.2, 0) is 18.2 Å². The van der Waals surface area contributed by atoms with Crippen molar-refractivity contribution in [2.24, 2.45) is 12.0 Å². The highest BCUT2D eigenvalue weighted by Crippen LogP contribution is 2.42.